The Bertz CT molecular complexity index is 946. The van der Waals surface area contributed by atoms with Crippen molar-refractivity contribution in [3.05, 3.63) is 71.6 Å². The third-order valence-electron chi connectivity index (χ3n) is 5.53. The molecule has 0 bridgehead atoms. The first-order chi connectivity index (χ1) is 14.2. The number of likely N-dealkylation sites (tertiary alicyclic amines) is 1. The molecule has 2 heterocycles. The van der Waals surface area contributed by atoms with Crippen LogP contribution in [-0.2, 0) is 17.9 Å². The molecule has 0 atom stereocenters. The van der Waals surface area contributed by atoms with Gasteiger partial charge in [-0.05, 0) is 44.0 Å². The highest BCUT2D eigenvalue weighted by atomic mass is 16.5. The van der Waals surface area contributed by atoms with Gasteiger partial charge in [0.1, 0.15) is 0 Å². The Morgan fingerprint density at radius 3 is 2.59 bits per heavy atom. The number of aromatic nitrogens is 2. The van der Waals surface area contributed by atoms with Gasteiger partial charge in [-0.1, -0.05) is 59.8 Å². The Balaban J connectivity index is 1.24. The van der Waals surface area contributed by atoms with Crippen LogP contribution < -0.4 is 5.32 Å². The number of hydrogen-bond donors (Lipinski definition) is 1. The smallest absolute Gasteiger partial charge is 0.246 e. The molecule has 0 unspecified atom stereocenters. The molecule has 150 valence electrons. The molecule has 0 saturated carbocycles. The normalized spacial score (nSPS) is 15.3. The molecule has 1 amide bonds. The highest BCUT2D eigenvalue weighted by Gasteiger charge is 2.25. The van der Waals surface area contributed by atoms with Crippen molar-refractivity contribution in [2.75, 3.05) is 13.1 Å². The molecule has 6 heteroatoms. The van der Waals surface area contributed by atoms with Gasteiger partial charge in [0.2, 0.25) is 17.6 Å². The van der Waals surface area contributed by atoms with Gasteiger partial charge in [-0.15, -0.1) is 0 Å². The maximum atomic E-state index is 12.5. The van der Waals surface area contributed by atoms with Crippen molar-refractivity contribution >= 4 is 5.91 Å². The third kappa shape index (κ3) is 4.90. The van der Waals surface area contributed by atoms with Gasteiger partial charge in [0, 0.05) is 18.0 Å². The van der Waals surface area contributed by atoms with Crippen LogP contribution in [0.3, 0.4) is 0 Å². The van der Waals surface area contributed by atoms with Crippen LogP contribution in [0.25, 0.3) is 11.4 Å². The number of piperidine rings is 1. The van der Waals surface area contributed by atoms with E-state index in [1.165, 1.54) is 11.1 Å². The van der Waals surface area contributed by atoms with E-state index < -0.39 is 0 Å². The van der Waals surface area contributed by atoms with Gasteiger partial charge >= 0.3 is 0 Å². The number of rotatable bonds is 6. The Hall–Kier alpha value is -2.99. The van der Waals surface area contributed by atoms with Crippen LogP contribution in [0.1, 0.15) is 29.9 Å². The van der Waals surface area contributed by atoms with Crippen molar-refractivity contribution in [2.45, 2.75) is 32.9 Å². The van der Waals surface area contributed by atoms with E-state index in [4.69, 9.17) is 4.52 Å². The fourth-order valence-electron chi connectivity index (χ4n) is 3.72. The van der Waals surface area contributed by atoms with E-state index in [0.717, 1.165) is 38.0 Å². The summed E-state index contributed by atoms with van der Waals surface area (Å²) in [6.07, 6.45) is 1.74. The fraction of sp³-hybridized carbons (Fsp3) is 0.348. The molecule has 1 saturated heterocycles. The molecule has 1 aliphatic rings. The largest absolute Gasteiger partial charge is 0.347 e. The molecule has 1 aromatic heterocycles. The molecule has 3 aromatic rings. The lowest BCUT2D eigenvalue weighted by Gasteiger charge is -2.31. The van der Waals surface area contributed by atoms with E-state index in [-0.39, 0.29) is 18.4 Å². The number of benzene rings is 2. The molecule has 2 aromatic carbocycles. The van der Waals surface area contributed by atoms with Crippen LogP contribution in [0.5, 0.6) is 0 Å². The van der Waals surface area contributed by atoms with Crippen LogP contribution in [0, 0.1) is 12.8 Å². The number of hydrogen-bond acceptors (Lipinski definition) is 5. The molecular formula is C23H26N4O2. The van der Waals surface area contributed by atoms with E-state index in [1.807, 2.05) is 30.3 Å². The van der Waals surface area contributed by atoms with Crippen molar-refractivity contribution in [1.82, 2.24) is 20.4 Å². The van der Waals surface area contributed by atoms with Gasteiger partial charge in [0.05, 0.1) is 6.54 Å². The van der Waals surface area contributed by atoms with E-state index in [9.17, 15) is 4.79 Å². The predicted molar refractivity (Wildman–Crippen MR) is 111 cm³/mol. The quantitative estimate of drug-likeness (QED) is 0.697. The summed E-state index contributed by atoms with van der Waals surface area (Å²) in [6, 6.07) is 18.1. The maximum Gasteiger partial charge on any atom is 0.246 e. The van der Waals surface area contributed by atoms with Gasteiger partial charge in [0.25, 0.3) is 0 Å². The Kier molecular flexibility index (Phi) is 6.00. The van der Waals surface area contributed by atoms with Crippen LogP contribution in [-0.4, -0.2) is 34.0 Å². The molecule has 6 nitrogen and oxygen atoms in total. The minimum atomic E-state index is 0.0413. The minimum Gasteiger partial charge on any atom is -0.347 e. The zero-order valence-corrected chi connectivity index (χ0v) is 16.7. The molecule has 0 aliphatic carbocycles. The molecular weight excluding hydrogens is 364 g/mol. The van der Waals surface area contributed by atoms with Crippen molar-refractivity contribution in [2.24, 2.45) is 5.92 Å². The lowest BCUT2D eigenvalue weighted by molar-refractivity contribution is -0.126. The van der Waals surface area contributed by atoms with E-state index >= 15 is 0 Å². The van der Waals surface area contributed by atoms with Crippen molar-refractivity contribution < 1.29 is 9.32 Å². The first kappa shape index (κ1) is 19.3. The number of nitrogens with one attached hydrogen (secondary N) is 1. The standard InChI is InChI=1S/C23H26N4O2/c1-17-7-5-6-10-20(17)16-27-13-11-19(12-14-27)23(28)24-15-21-25-22(26-29-21)18-8-3-2-4-9-18/h2-10,19H,11-16H2,1H3,(H,24,28). The number of aryl methyl sites for hydroxylation is 1. The van der Waals surface area contributed by atoms with Crippen molar-refractivity contribution in [3.8, 4) is 11.4 Å². The van der Waals surface area contributed by atoms with Crippen molar-refractivity contribution in [3.63, 3.8) is 0 Å². The zero-order valence-electron chi connectivity index (χ0n) is 16.7. The second kappa shape index (κ2) is 9.01. The second-order valence-electron chi connectivity index (χ2n) is 7.57. The van der Waals surface area contributed by atoms with Crippen LogP contribution in [0.2, 0.25) is 0 Å². The summed E-state index contributed by atoms with van der Waals surface area (Å²) in [7, 11) is 0. The average Bonchev–Trinajstić information content (AvgIpc) is 3.24. The Morgan fingerprint density at radius 1 is 1.10 bits per heavy atom. The number of nitrogens with zero attached hydrogens (tertiary/aromatic N) is 3. The predicted octanol–water partition coefficient (Wildman–Crippen LogP) is 3.57. The summed E-state index contributed by atoms with van der Waals surface area (Å²) in [6.45, 7) is 5.24. The number of carbonyl (C=O) groups excluding carboxylic acids is 1. The summed E-state index contributed by atoms with van der Waals surface area (Å²) in [5.41, 5.74) is 3.58. The van der Waals surface area contributed by atoms with Gasteiger partial charge in [0.15, 0.2) is 0 Å². The van der Waals surface area contributed by atoms with Gasteiger partial charge < -0.3 is 9.84 Å². The van der Waals surface area contributed by atoms with Crippen LogP contribution in [0.15, 0.2) is 59.1 Å². The molecule has 29 heavy (non-hydrogen) atoms. The summed E-state index contributed by atoms with van der Waals surface area (Å²) in [5, 5.41) is 6.94. The van der Waals surface area contributed by atoms with Crippen molar-refractivity contribution in [1.29, 1.82) is 0 Å². The molecule has 0 spiro atoms. The fourth-order valence-corrected chi connectivity index (χ4v) is 3.72. The summed E-state index contributed by atoms with van der Waals surface area (Å²) in [5.74, 6) is 1.08. The maximum absolute atomic E-state index is 12.5. The first-order valence-electron chi connectivity index (χ1n) is 10.1. The lowest BCUT2D eigenvalue weighted by Crippen LogP contribution is -2.40. The molecule has 0 radical (unpaired) electrons. The van der Waals surface area contributed by atoms with Gasteiger partial charge in [-0.2, -0.15) is 4.98 Å². The molecule has 1 aliphatic heterocycles. The van der Waals surface area contributed by atoms with Gasteiger partial charge in [-0.25, -0.2) is 0 Å². The number of amides is 1. The molecule has 1 N–H and O–H groups in total. The monoisotopic (exact) mass is 390 g/mol. The SMILES string of the molecule is Cc1ccccc1CN1CCC(C(=O)NCc2nc(-c3ccccc3)no2)CC1. The Morgan fingerprint density at radius 2 is 1.83 bits per heavy atom. The average molecular weight is 390 g/mol. The lowest BCUT2D eigenvalue weighted by atomic mass is 9.95. The summed E-state index contributed by atoms with van der Waals surface area (Å²) < 4.78 is 5.27. The summed E-state index contributed by atoms with van der Waals surface area (Å²) in [4.78, 5) is 19.3. The van der Waals surface area contributed by atoms with Crippen LogP contribution >= 0.6 is 0 Å². The molecule has 1 fully saturated rings. The van der Waals surface area contributed by atoms with E-state index in [2.05, 4.69) is 51.5 Å². The second-order valence-corrected chi connectivity index (χ2v) is 7.57. The first-order valence-corrected chi connectivity index (χ1v) is 10.1. The zero-order chi connectivity index (χ0) is 20.1. The number of carbonyl (C=O) groups is 1. The van der Waals surface area contributed by atoms with E-state index in [1.54, 1.807) is 0 Å². The highest BCUT2D eigenvalue weighted by Crippen LogP contribution is 2.21. The van der Waals surface area contributed by atoms with E-state index in [0.29, 0.717) is 11.7 Å². The van der Waals surface area contributed by atoms with Gasteiger partial charge in [-0.3, -0.25) is 9.69 Å². The Labute approximate surface area is 170 Å². The molecule has 4 rings (SSSR count). The third-order valence-corrected chi connectivity index (χ3v) is 5.53. The highest BCUT2D eigenvalue weighted by molar-refractivity contribution is 5.78. The van der Waals surface area contributed by atoms with Crippen LogP contribution in [0.4, 0.5) is 0 Å². The summed E-state index contributed by atoms with van der Waals surface area (Å²) >= 11 is 0. The minimum absolute atomic E-state index is 0.0413. The topological polar surface area (TPSA) is 71.3 Å².